The number of rotatable bonds is 6. The van der Waals surface area contributed by atoms with Crippen molar-refractivity contribution in [1.29, 1.82) is 0 Å². The fourth-order valence-corrected chi connectivity index (χ4v) is 3.99. The molecule has 0 spiro atoms. The lowest BCUT2D eigenvalue weighted by Gasteiger charge is -2.19. The number of H-pyrrole nitrogens is 1. The van der Waals surface area contributed by atoms with Crippen LogP contribution in [0.2, 0.25) is 10.0 Å². The molecule has 4 rings (SSSR count). The van der Waals surface area contributed by atoms with Crippen molar-refractivity contribution < 1.29 is 23.9 Å². The Morgan fingerprint density at radius 2 is 1.72 bits per heavy atom. The number of methoxy groups -OCH3 is 1. The highest BCUT2D eigenvalue weighted by Crippen LogP contribution is 2.31. The van der Waals surface area contributed by atoms with E-state index in [-0.39, 0.29) is 27.6 Å². The largest absolute Gasteiger partial charge is 0.467 e. The Balaban J connectivity index is 1.50. The third-order valence-electron chi connectivity index (χ3n) is 5.23. The summed E-state index contributed by atoms with van der Waals surface area (Å²) in [4.78, 5) is 54.1. The molecule has 3 aromatic rings. The molecule has 0 aliphatic carbocycles. The van der Waals surface area contributed by atoms with Crippen LogP contribution in [0.5, 0.6) is 0 Å². The third kappa shape index (κ3) is 3.94. The molecule has 1 aromatic heterocycles. The Kier molecular flexibility index (Phi) is 5.90. The van der Waals surface area contributed by atoms with Crippen LogP contribution in [0.1, 0.15) is 26.3 Å². The van der Waals surface area contributed by atoms with E-state index in [0.717, 1.165) is 21.4 Å². The predicted molar refractivity (Wildman–Crippen MR) is 118 cm³/mol. The lowest BCUT2D eigenvalue weighted by molar-refractivity contribution is -0.145. The van der Waals surface area contributed by atoms with E-state index in [1.807, 2.05) is 24.3 Å². The highest BCUT2D eigenvalue weighted by atomic mass is 35.5. The van der Waals surface area contributed by atoms with Gasteiger partial charge in [-0.1, -0.05) is 41.4 Å². The van der Waals surface area contributed by atoms with Gasteiger partial charge in [0.1, 0.15) is 12.6 Å². The summed E-state index contributed by atoms with van der Waals surface area (Å²) in [6.45, 7) is -0.567. The van der Waals surface area contributed by atoms with Crippen molar-refractivity contribution in [1.82, 2.24) is 15.2 Å². The summed E-state index contributed by atoms with van der Waals surface area (Å²) in [5.74, 6) is -2.66. The van der Waals surface area contributed by atoms with Gasteiger partial charge >= 0.3 is 5.97 Å². The van der Waals surface area contributed by atoms with Crippen LogP contribution in [-0.4, -0.2) is 53.3 Å². The molecular formula is C22H17Cl2N3O5. The molecule has 0 saturated heterocycles. The Morgan fingerprint density at radius 1 is 1.09 bits per heavy atom. The number of hydrogen-bond acceptors (Lipinski definition) is 5. The minimum atomic E-state index is -1.01. The number of para-hydroxylation sites is 1. The molecule has 8 nitrogen and oxygen atoms in total. The number of aromatic nitrogens is 1. The summed E-state index contributed by atoms with van der Waals surface area (Å²) in [6.07, 6.45) is 1.92. The van der Waals surface area contributed by atoms with Crippen LogP contribution in [0.3, 0.4) is 0 Å². The predicted octanol–water partition coefficient (Wildman–Crippen LogP) is 2.97. The maximum Gasteiger partial charge on any atom is 0.328 e. The number of nitrogens with one attached hydrogen (secondary N) is 2. The van der Waals surface area contributed by atoms with Gasteiger partial charge in [-0.25, -0.2) is 4.79 Å². The maximum absolute atomic E-state index is 12.7. The number of nitrogens with zero attached hydrogens (tertiary/aromatic N) is 1. The smallest absolute Gasteiger partial charge is 0.328 e. The number of carbonyl (C=O) groups is 4. The van der Waals surface area contributed by atoms with Crippen LogP contribution in [-0.2, 0) is 20.7 Å². The molecule has 2 N–H and O–H groups in total. The number of ether oxygens (including phenoxy) is 1. The number of carbonyl (C=O) groups excluding carboxylic acids is 4. The first-order valence-corrected chi connectivity index (χ1v) is 10.3. The molecule has 3 amide bonds. The summed E-state index contributed by atoms with van der Waals surface area (Å²) >= 11 is 11.9. The first-order valence-electron chi connectivity index (χ1n) is 9.57. The van der Waals surface area contributed by atoms with Gasteiger partial charge in [-0.05, 0) is 23.8 Å². The first-order chi connectivity index (χ1) is 15.3. The van der Waals surface area contributed by atoms with Crippen LogP contribution >= 0.6 is 23.2 Å². The average Bonchev–Trinajstić information content (AvgIpc) is 3.28. The first kappa shape index (κ1) is 21.9. The van der Waals surface area contributed by atoms with Gasteiger partial charge in [0, 0.05) is 23.5 Å². The molecule has 0 unspecified atom stereocenters. The second-order valence-corrected chi connectivity index (χ2v) is 8.03. The molecule has 32 heavy (non-hydrogen) atoms. The molecule has 1 aliphatic rings. The van der Waals surface area contributed by atoms with E-state index in [1.165, 1.54) is 19.2 Å². The van der Waals surface area contributed by atoms with E-state index in [1.54, 1.807) is 6.20 Å². The van der Waals surface area contributed by atoms with Gasteiger partial charge in [0.2, 0.25) is 5.91 Å². The Labute approximate surface area is 192 Å². The fraction of sp³-hybridized carbons (Fsp3) is 0.182. The molecule has 0 saturated carbocycles. The highest BCUT2D eigenvalue weighted by Gasteiger charge is 2.38. The fourth-order valence-electron chi connectivity index (χ4n) is 3.67. The van der Waals surface area contributed by atoms with Gasteiger partial charge in [-0.3, -0.25) is 19.3 Å². The standard InChI is InChI=1S/C22H17Cl2N3O5/c1-32-22(31)18(6-11-9-25-17-5-3-2-4-12(11)17)26-19(28)10-27-20(29)13-7-15(23)16(24)8-14(13)21(27)30/h2-5,7-9,18,25H,6,10H2,1H3,(H,26,28)/t18-/m1/s1. The van der Waals surface area contributed by atoms with Gasteiger partial charge in [0.05, 0.1) is 28.3 Å². The molecule has 0 fully saturated rings. The van der Waals surface area contributed by atoms with Crippen molar-refractivity contribution in [3.63, 3.8) is 0 Å². The number of aromatic amines is 1. The van der Waals surface area contributed by atoms with Gasteiger partial charge in [-0.2, -0.15) is 0 Å². The second kappa shape index (κ2) is 8.64. The molecule has 0 radical (unpaired) electrons. The molecule has 0 bridgehead atoms. The van der Waals surface area contributed by atoms with Crippen molar-refractivity contribution in [3.05, 3.63) is 69.3 Å². The summed E-state index contributed by atoms with van der Waals surface area (Å²) in [7, 11) is 1.22. The molecular weight excluding hydrogens is 457 g/mol. The lowest BCUT2D eigenvalue weighted by atomic mass is 10.0. The number of benzene rings is 2. The molecule has 1 atom stereocenters. The average molecular weight is 474 g/mol. The number of imide groups is 1. The van der Waals surface area contributed by atoms with Crippen LogP contribution in [0.25, 0.3) is 10.9 Å². The van der Waals surface area contributed by atoms with Gasteiger partial charge < -0.3 is 15.0 Å². The van der Waals surface area contributed by atoms with Gasteiger partial charge in [0.15, 0.2) is 0 Å². The molecule has 10 heteroatoms. The summed E-state index contributed by atoms with van der Waals surface area (Å²) < 4.78 is 4.82. The Bertz CT molecular complexity index is 1230. The highest BCUT2D eigenvalue weighted by molar-refractivity contribution is 6.43. The van der Waals surface area contributed by atoms with E-state index in [2.05, 4.69) is 10.3 Å². The summed E-state index contributed by atoms with van der Waals surface area (Å²) in [5.41, 5.74) is 1.84. The van der Waals surface area contributed by atoms with Crippen LogP contribution in [0, 0.1) is 0 Å². The quantitative estimate of drug-likeness (QED) is 0.422. The number of hydrogen-bond donors (Lipinski definition) is 2. The van der Waals surface area contributed by atoms with Crippen LogP contribution in [0.15, 0.2) is 42.6 Å². The third-order valence-corrected chi connectivity index (χ3v) is 5.96. The lowest BCUT2D eigenvalue weighted by Crippen LogP contribution is -2.48. The van der Waals surface area contributed by atoms with Crippen LogP contribution in [0.4, 0.5) is 0 Å². The summed E-state index contributed by atoms with van der Waals surface area (Å²) in [6, 6.07) is 9.12. The van der Waals surface area contributed by atoms with Crippen LogP contribution < -0.4 is 5.32 Å². The van der Waals surface area contributed by atoms with Gasteiger partial charge in [-0.15, -0.1) is 0 Å². The molecule has 2 aromatic carbocycles. The zero-order valence-electron chi connectivity index (χ0n) is 16.8. The number of esters is 1. The minimum Gasteiger partial charge on any atom is -0.467 e. The van der Waals surface area contributed by atoms with Crippen molar-refractivity contribution in [2.24, 2.45) is 0 Å². The normalized spacial score (nSPS) is 13.9. The van der Waals surface area contributed by atoms with E-state index in [0.29, 0.717) is 0 Å². The maximum atomic E-state index is 12.7. The molecule has 164 valence electrons. The van der Waals surface area contributed by atoms with Gasteiger partial charge in [0.25, 0.3) is 11.8 Å². The number of halogens is 2. The second-order valence-electron chi connectivity index (χ2n) is 7.22. The van der Waals surface area contributed by atoms with Crippen molar-refractivity contribution in [2.45, 2.75) is 12.5 Å². The molecule has 2 heterocycles. The van der Waals surface area contributed by atoms with Crippen molar-refractivity contribution in [3.8, 4) is 0 Å². The zero-order chi connectivity index (χ0) is 23.0. The Morgan fingerprint density at radius 3 is 2.34 bits per heavy atom. The van der Waals surface area contributed by atoms with Crippen molar-refractivity contribution in [2.75, 3.05) is 13.7 Å². The SMILES string of the molecule is COC(=O)[C@@H](Cc1c[nH]c2ccccc12)NC(=O)CN1C(=O)c2cc(Cl)c(Cl)cc2C1=O. The topological polar surface area (TPSA) is 109 Å². The minimum absolute atomic E-state index is 0.0699. The van der Waals surface area contributed by atoms with Crippen molar-refractivity contribution >= 4 is 57.8 Å². The zero-order valence-corrected chi connectivity index (χ0v) is 18.3. The Hall–Kier alpha value is -3.36. The van der Waals surface area contributed by atoms with E-state index >= 15 is 0 Å². The summed E-state index contributed by atoms with van der Waals surface area (Å²) in [5, 5.41) is 3.72. The van der Waals surface area contributed by atoms with E-state index < -0.39 is 36.3 Å². The molecule has 1 aliphatic heterocycles. The number of fused-ring (bicyclic) bond motifs is 2. The van der Waals surface area contributed by atoms with E-state index in [9.17, 15) is 19.2 Å². The van der Waals surface area contributed by atoms with E-state index in [4.69, 9.17) is 27.9 Å². The number of amides is 3. The monoisotopic (exact) mass is 473 g/mol.